The summed E-state index contributed by atoms with van der Waals surface area (Å²) in [5.41, 5.74) is 6.77. The lowest BCUT2D eigenvalue weighted by Gasteiger charge is -2.22. The minimum atomic E-state index is -0.123. The topological polar surface area (TPSA) is 70.6 Å². The molecule has 0 saturated heterocycles. The molecule has 2 atom stereocenters. The first-order chi connectivity index (χ1) is 8.10. The average Bonchev–Trinajstić information content (AvgIpc) is 2.35. The summed E-state index contributed by atoms with van der Waals surface area (Å²) in [4.78, 5) is 0. The number of benzene rings is 1. The quantitative estimate of drug-likeness (QED) is 0.339. The third kappa shape index (κ3) is 3.71. The Kier molecular flexibility index (Phi) is 5.44. The molecule has 1 aromatic rings. The molecule has 0 aromatic heterocycles. The number of halogens is 1. The first kappa shape index (κ1) is 14.0. The lowest BCUT2D eigenvalue weighted by Crippen LogP contribution is -2.42. The molecule has 0 aliphatic carbocycles. The molecule has 1 unspecified atom stereocenters. The molecule has 17 heavy (non-hydrogen) atoms. The van der Waals surface area contributed by atoms with Crippen molar-refractivity contribution in [2.24, 2.45) is 10.9 Å². The summed E-state index contributed by atoms with van der Waals surface area (Å²) >= 11 is 3.51. The summed E-state index contributed by atoms with van der Waals surface area (Å²) in [6, 6.07) is 8.00. The molecule has 0 heterocycles. The van der Waals surface area contributed by atoms with Gasteiger partial charge in [-0.15, -0.1) is 0 Å². The second kappa shape index (κ2) is 6.61. The van der Waals surface area contributed by atoms with E-state index in [4.69, 9.17) is 10.9 Å². The van der Waals surface area contributed by atoms with Crippen LogP contribution in [0.3, 0.4) is 0 Å². The highest BCUT2D eigenvalue weighted by Crippen LogP contribution is 2.23. The van der Waals surface area contributed by atoms with Crippen molar-refractivity contribution >= 4 is 21.8 Å². The van der Waals surface area contributed by atoms with Gasteiger partial charge in [0.05, 0.1) is 6.04 Å². The molecule has 0 fully saturated rings. The normalized spacial score (nSPS) is 15.6. The molecule has 94 valence electrons. The van der Waals surface area contributed by atoms with Crippen molar-refractivity contribution in [3.63, 3.8) is 0 Å². The Morgan fingerprint density at radius 3 is 2.71 bits per heavy atom. The van der Waals surface area contributed by atoms with Crippen molar-refractivity contribution in [1.82, 2.24) is 5.32 Å². The monoisotopic (exact) mass is 299 g/mol. The number of nitrogens with zero attached hydrogens (tertiary/aromatic N) is 1. The van der Waals surface area contributed by atoms with Crippen molar-refractivity contribution < 1.29 is 5.21 Å². The van der Waals surface area contributed by atoms with Gasteiger partial charge in [-0.1, -0.05) is 46.2 Å². The summed E-state index contributed by atoms with van der Waals surface area (Å²) in [5.74, 6) is 0.214. The molecule has 0 saturated carbocycles. The number of nitrogens with two attached hydrogens (primary N) is 1. The molecule has 0 spiro atoms. The zero-order valence-corrected chi connectivity index (χ0v) is 11.6. The van der Waals surface area contributed by atoms with Gasteiger partial charge in [0.15, 0.2) is 5.84 Å². The molecule has 0 amide bonds. The first-order valence-electron chi connectivity index (χ1n) is 5.58. The molecule has 5 heteroatoms. The standard InChI is InChI=1S/C12H18BrN3O/c1-3-11(12(14)16-17)15-8(2)9-6-4-5-7-10(9)13/h4-8,11,15,17H,3H2,1-2H3,(H2,14,16)/t8-,11?/m1/s1. The van der Waals surface area contributed by atoms with E-state index in [0.717, 1.165) is 16.5 Å². The van der Waals surface area contributed by atoms with E-state index in [9.17, 15) is 0 Å². The highest BCUT2D eigenvalue weighted by molar-refractivity contribution is 9.10. The van der Waals surface area contributed by atoms with Crippen molar-refractivity contribution in [2.75, 3.05) is 0 Å². The van der Waals surface area contributed by atoms with Crippen LogP contribution >= 0.6 is 15.9 Å². The fourth-order valence-corrected chi connectivity index (χ4v) is 2.33. The summed E-state index contributed by atoms with van der Waals surface area (Å²) in [6.45, 7) is 4.04. The van der Waals surface area contributed by atoms with Crippen molar-refractivity contribution in [3.05, 3.63) is 34.3 Å². The Hall–Kier alpha value is -1.07. The van der Waals surface area contributed by atoms with Gasteiger partial charge in [0, 0.05) is 10.5 Å². The Morgan fingerprint density at radius 2 is 2.18 bits per heavy atom. The van der Waals surface area contributed by atoms with Crippen LogP contribution in [0.4, 0.5) is 0 Å². The van der Waals surface area contributed by atoms with E-state index < -0.39 is 0 Å². The van der Waals surface area contributed by atoms with Crippen LogP contribution in [0.1, 0.15) is 31.9 Å². The minimum absolute atomic E-state index is 0.121. The van der Waals surface area contributed by atoms with E-state index in [1.807, 2.05) is 38.1 Å². The molecule has 4 nitrogen and oxygen atoms in total. The Morgan fingerprint density at radius 1 is 1.53 bits per heavy atom. The van der Waals surface area contributed by atoms with E-state index in [-0.39, 0.29) is 17.9 Å². The smallest absolute Gasteiger partial charge is 0.156 e. The second-order valence-corrected chi connectivity index (χ2v) is 4.75. The molecule has 0 bridgehead atoms. The average molecular weight is 300 g/mol. The fourth-order valence-electron chi connectivity index (χ4n) is 1.70. The molecular weight excluding hydrogens is 282 g/mol. The summed E-state index contributed by atoms with van der Waals surface area (Å²) in [7, 11) is 0. The van der Waals surface area contributed by atoms with Crippen LogP contribution in [0, 0.1) is 0 Å². The van der Waals surface area contributed by atoms with Crippen LogP contribution in [0.2, 0.25) is 0 Å². The van der Waals surface area contributed by atoms with Gasteiger partial charge in [0.25, 0.3) is 0 Å². The molecule has 0 aliphatic rings. The van der Waals surface area contributed by atoms with Crippen molar-refractivity contribution in [2.45, 2.75) is 32.4 Å². The van der Waals surface area contributed by atoms with Gasteiger partial charge in [-0.05, 0) is 25.0 Å². The number of rotatable bonds is 5. The molecule has 0 radical (unpaired) electrons. The van der Waals surface area contributed by atoms with Gasteiger partial charge < -0.3 is 16.3 Å². The molecule has 4 N–H and O–H groups in total. The largest absolute Gasteiger partial charge is 0.409 e. The summed E-state index contributed by atoms with van der Waals surface area (Å²) < 4.78 is 1.05. The van der Waals surface area contributed by atoms with Crippen LogP contribution in [0.5, 0.6) is 0 Å². The summed E-state index contributed by atoms with van der Waals surface area (Å²) in [5, 5.41) is 15.1. The van der Waals surface area contributed by atoms with Crippen LogP contribution < -0.4 is 11.1 Å². The van der Waals surface area contributed by atoms with E-state index in [2.05, 4.69) is 26.4 Å². The number of hydrogen-bond acceptors (Lipinski definition) is 3. The van der Waals surface area contributed by atoms with Crippen LogP contribution in [0.25, 0.3) is 0 Å². The molecule has 0 aliphatic heterocycles. The maximum Gasteiger partial charge on any atom is 0.156 e. The van der Waals surface area contributed by atoms with E-state index >= 15 is 0 Å². The maximum atomic E-state index is 8.69. The van der Waals surface area contributed by atoms with E-state index in [1.54, 1.807) is 0 Å². The molecule has 1 aromatic carbocycles. The number of oxime groups is 1. The van der Waals surface area contributed by atoms with E-state index in [1.165, 1.54) is 0 Å². The van der Waals surface area contributed by atoms with Gasteiger partial charge in [0.2, 0.25) is 0 Å². The fraction of sp³-hybridized carbons (Fsp3) is 0.417. The SMILES string of the molecule is CCC(N[C@H](C)c1ccccc1Br)/C(N)=N/O. The zero-order valence-electron chi connectivity index (χ0n) is 10.0. The van der Waals surface area contributed by atoms with Crippen LogP contribution in [0.15, 0.2) is 33.9 Å². The minimum Gasteiger partial charge on any atom is -0.409 e. The Bertz CT molecular complexity index is 395. The lowest BCUT2D eigenvalue weighted by molar-refractivity contribution is 0.313. The van der Waals surface area contributed by atoms with Crippen molar-refractivity contribution in [3.8, 4) is 0 Å². The Balaban J connectivity index is 2.78. The van der Waals surface area contributed by atoms with Crippen LogP contribution in [-0.2, 0) is 0 Å². The van der Waals surface area contributed by atoms with Gasteiger partial charge in [0.1, 0.15) is 0 Å². The van der Waals surface area contributed by atoms with Gasteiger partial charge in [-0.3, -0.25) is 0 Å². The summed E-state index contributed by atoms with van der Waals surface area (Å²) in [6.07, 6.45) is 0.769. The third-order valence-corrected chi connectivity index (χ3v) is 3.43. The second-order valence-electron chi connectivity index (χ2n) is 3.90. The number of nitrogens with one attached hydrogen (secondary N) is 1. The molecule has 1 rings (SSSR count). The number of amidine groups is 1. The van der Waals surface area contributed by atoms with Gasteiger partial charge in [-0.25, -0.2) is 0 Å². The lowest BCUT2D eigenvalue weighted by atomic mass is 10.1. The van der Waals surface area contributed by atoms with Gasteiger partial charge >= 0.3 is 0 Å². The molecular formula is C12H18BrN3O. The predicted octanol–water partition coefficient (Wildman–Crippen LogP) is 2.62. The van der Waals surface area contributed by atoms with E-state index in [0.29, 0.717) is 0 Å². The van der Waals surface area contributed by atoms with Gasteiger partial charge in [-0.2, -0.15) is 0 Å². The zero-order chi connectivity index (χ0) is 12.8. The van der Waals surface area contributed by atoms with Crippen LogP contribution in [-0.4, -0.2) is 17.1 Å². The highest BCUT2D eigenvalue weighted by atomic mass is 79.9. The number of hydrogen-bond donors (Lipinski definition) is 3. The Labute approximate surface area is 110 Å². The maximum absolute atomic E-state index is 8.69. The first-order valence-corrected chi connectivity index (χ1v) is 6.37. The van der Waals surface area contributed by atoms with Crippen molar-refractivity contribution in [1.29, 1.82) is 0 Å². The third-order valence-electron chi connectivity index (χ3n) is 2.70. The predicted molar refractivity (Wildman–Crippen MR) is 73.2 cm³/mol. The highest BCUT2D eigenvalue weighted by Gasteiger charge is 2.16.